The SMILES string of the molecule is CCC1(C(=O)N(CCCN)Cc2ccccc2)CCCC1. The highest BCUT2D eigenvalue weighted by atomic mass is 16.2. The minimum absolute atomic E-state index is 0.108. The zero-order valence-corrected chi connectivity index (χ0v) is 13.2. The Bertz CT molecular complexity index is 438. The Balaban J connectivity index is 2.12. The normalized spacial score (nSPS) is 16.9. The first-order valence-corrected chi connectivity index (χ1v) is 8.25. The highest BCUT2D eigenvalue weighted by molar-refractivity contribution is 5.83. The average Bonchev–Trinajstić information content (AvgIpc) is 3.02. The molecule has 1 aromatic rings. The zero-order chi connectivity index (χ0) is 15.1. The fourth-order valence-corrected chi connectivity index (χ4v) is 3.44. The van der Waals surface area contributed by atoms with Crippen molar-refractivity contribution in [1.82, 2.24) is 4.90 Å². The van der Waals surface area contributed by atoms with Gasteiger partial charge in [-0.15, -0.1) is 0 Å². The van der Waals surface area contributed by atoms with Gasteiger partial charge in [0.2, 0.25) is 5.91 Å². The van der Waals surface area contributed by atoms with E-state index in [2.05, 4.69) is 19.1 Å². The first-order chi connectivity index (χ1) is 10.2. The van der Waals surface area contributed by atoms with Gasteiger partial charge in [0.25, 0.3) is 0 Å². The molecule has 21 heavy (non-hydrogen) atoms. The molecule has 0 unspecified atom stereocenters. The molecule has 2 N–H and O–H groups in total. The first-order valence-electron chi connectivity index (χ1n) is 8.25. The van der Waals surface area contributed by atoms with E-state index in [1.165, 1.54) is 18.4 Å². The Kier molecular flexibility index (Phi) is 5.80. The predicted octanol–water partition coefficient (Wildman–Crippen LogP) is 3.33. The van der Waals surface area contributed by atoms with Crippen molar-refractivity contribution in [3.05, 3.63) is 35.9 Å². The fourth-order valence-electron chi connectivity index (χ4n) is 3.44. The van der Waals surface area contributed by atoms with Crippen molar-refractivity contribution in [2.45, 2.75) is 52.0 Å². The van der Waals surface area contributed by atoms with Crippen LogP contribution in [0.1, 0.15) is 51.0 Å². The van der Waals surface area contributed by atoms with Gasteiger partial charge >= 0.3 is 0 Å². The molecule has 2 rings (SSSR count). The summed E-state index contributed by atoms with van der Waals surface area (Å²) in [7, 11) is 0. The first kappa shape index (κ1) is 16.0. The summed E-state index contributed by atoms with van der Waals surface area (Å²) in [6.45, 7) is 4.28. The summed E-state index contributed by atoms with van der Waals surface area (Å²) >= 11 is 0. The van der Waals surface area contributed by atoms with Crippen LogP contribution in [0.25, 0.3) is 0 Å². The molecule has 1 amide bonds. The van der Waals surface area contributed by atoms with Gasteiger partial charge in [-0.3, -0.25) is 4.79 Å². The lowest BCUT2D eigenvalue weighted by Gasteiger charge is -2.34. The number of amides is 1. The molecule has 0 heterocycles. The van der Waals surface area contributed by atoms with E-state index in [0.717, 1.165) is 32.2 Å². The van der Waals surface area contributed by atoms with Gasteiger partial charge in [0.1, 0.15) is 0 Å². The monoisotopic (exact) mass is 288 g/mol. The number of benzene rings is 1. The smallest absolute Gasteiger partial charge is 0.229 e. The quantitative estimate of drug-likeness (QED) is 0.836. The Hall–Kier alpha value is -1.35. The zero-order valence-electron chi connectivity index (χ0n) is 13.2. The van der Waals surface area contributed by atoms with E-state index >= 15 is 0 Å². The number of nitrogens with two attached hydrogens (primary N) is 1. The third kappa shape index (κ3) is 3.85. The minimum atomic E-state index is -0.108. The van der Waals surface area contributed by atoms with Crippen LogP contribution in [0.5, 0.6) is 0 Å². The van der Waals surface area contributed by atoms with Crippen LogP contribution in [0, 0.1) is 5.41 Å². The van der Waals surface area contributed by atoms with Crippen molar-refractivity contribution >= 4 is 5.91 Å². The summed E-state index contributed by atoms with van der Waals surface area (Å²) in [5, 5.41) is 0. The van der Waals surface area contributed by atoms with Gasteiger partial charge in [-0.1, -0.05) is 50.1 Å². The molecular weight excluding hydrogens is 260 g/mol. The third-order valence-corrected chi connectivity index (χ3v) is 4.83. The molecule has 0 aliphatic heterocycles. The van der Waals surface area contributed by atoms with Gasteiger partial charge in [0.05, 0.1) is 0 Å². The van der Waals surface area contributed by atoms with Gasteiger partial charge in [-0.2, -0.15) is 0 Å². The van der Waals surface area contributed by atoms with E-state index in [0.29, 0.717) is 19.0 Å². The molecule has 1 aliphatic carbocycles. The molecule has 0 atom stereocenters. The topological polar surface area (TPSA) is 46.3 Å². The van der Waals surface area contributed by atoms with Gasteiger partial charge in [-0.05, 0) is 37.8 Å². The maximum Gasteiger partial charge on any atom is 0.229 e. The van der Waals surface area contributed by atoms with Crippen molar-refractivity contribution in [2.24, 2.45) is 11.1 Å². The Morgan fingerprint density at radius 2 is 1.90 bits per heavy atom. The van der Waals surface area contributed by atoms with Gasteiger partial charge in [-0.25, -0.2) is 0 Å². The largest absolute Gasteiger partial charge is 0.338 e. The van der Waals surface area contributed by atoms with E-state index in [1.807, 2.05) is 23.1 Å². The maximum atomic E-state index is 13.1. The maximum absolute atomic E-state index is 13.1. The lowest BCUT2D eigenvalue weighted by molar-refractivity contribution is -0.143. The summed E-state index contributed by atoms with van der Waals surface area (Å²) in [5.74, 6) is 0.347. The van der Waals surface area contributed by atoms with Crippen LogP contribution in [0.3, 0.4) is 0 Å². The lowest BCUT2D eigenvalue weighted by Crippen LogP contribution is -2.43. The molecule has 1 aliphatic rings. The van der Waals surface area contributed by atoms with E-state index in [-0.39, 0.29) is 5.41 Å². The molecule has 0 aromatic heterocycles. The number of rotatable bonds is 7. The van der Waals surface area contributed by atoms with Crippen LogP contribution < -0.4 is 5.73 Å². The lowest BCUT2D eigenvalue weighted by atomic mass is 9.81. The number of hydrogen-bond acceptors (Lipinski definition) is 2. The molecule has 116 valence electrons. The second-order valence-electron chi connectivity index (χ2n) is 6.20. The molecule has 0 bridgehead atoms. The van der Waals surface area contributed by atoms with Crippen LogP contribution >= 0.6 is 0 Å². The molecule has 0 radical (unpaired) electrons. The summed E-state index contributed by atoms with van der Waals surface area (Å²) in [5.41, 5.74) is 6.74. The van der Waals surface area contributed by atoms with Crippen molar-refractivity contribution in [3.8, 4) is 0 Å². The summed E-state index contributed by atoms with van der Waals surface area (Å²) < 4.78 is 0. The van der Waals surface area contributed by atoms with Crippen molar-refractivity contribution < 1.29 is 4.79 Å². The van der Waals surface area contributed by atoms with Gasteiger partial charge < -0.3 is 10.6 Å². The summed E-state index contributed by atoms with van der Waals surface area (Å²) in [6.07, 6.45) is 6.32. The van der Waals surface area contributed by atoms with E-state index in [1.54, 1.807) is 0 Å². The Morgan fingerprint density at radius 3 is 2.48 bits per heavy atom. The van der Waals surface area contributed by atoms with Crippen molar-refractivity contribution in [1.29, 1.82) is 0 Å². The molecule has 3 nitrogen and oxygen atoms in total. The van der Waals surface area contributed by atoms with Gasteiger partial charge in [0, 0.05) is 18.5 Å². The number of hydrogen-bond donors (Lipinski definition) is 1. The second-order valence-corrected chi connectivity index (χ2v) is 6.20. The standard InChI is InChI=1S/C18H28N2O/c1-2-18(11-6-7-12-18)17(21)20(14-8-13-19)15-16-9-4-3-5-10-16/h3-5,9-10H,2,6-8,11-15,19H2,1H3. The van der Waals surface area contributed by atoms with E-state index < -0.39 is 0 Å². The molecular formula is C18H28N2O. The molecule has 1 fully saturated rings. The minimum Gasteiger partial charge on any atom is -0.338 e. The molecule has 0 saturated heterocycles. The van der Waals surface area contributed by atoms with Gasteiger partial charge in [0.15, 0.2) is 0 Å². The highest BCUT2D eigenvalue weighted by Gasteiger charge is 2.41. The third-order valence-electron chi connectivity index (χ3n) is 4.83. The number of nitrogens with zero attached hydrogens (tertiary/aromatic N) is 1. The van der Waals surface area contributed by atoms with Crippen molar-refractivity contribution in [3.63, 3.8) is 0 Å². The number of carbonyl (C=O) groups excluding carboxylic acids is 1. The Morgan fingerprint density at radius 1 is 1.24 bits per heavy atom. The average molecular weight is 288 g/mol. The van der Waals surface area contributed by atoms with E-state index in [4.69, 9.17) is 5.73 Å². The molecule has 1 aromatic carbocycles. The summed E-state index contributed by atoms with van der Waals surface area (Å²) in [6, 6.07) is 10.3. The van der Waals surface area contributed by atoms with Crippen LogP contribution in [0.4, 0.5) is 0 Å². The summed E-state index contributed by atoms with van der Waals surface area (Å²) in [4.78, 5) is 15.1. The van der Waals surface area contributed by atoms with Crippen molar-refractivity contribution in [2.75, 3.05) is 13.1 Å². The molecule has 3 heteroatoms. The van der Waals surface area contributed by atoms with Crippen LogP contribution in [-0.2, 0) is 11.3 Å². The Labute approximate surface area is 128 Å². The van der Waals surface area contributed by atoms with E-state index in [9.17, 15) is 4.79 Å². The number of carbonyl (C=O) groups is 1. The molecule has 1 saturated carbocycles. The van der Waals surface area contributed by atoms with Crippen LogP contribution in [0.15, 0.2) is 30.3 Å². The second kappa shape index (κ2) is 7.60. The predicted molar refractivity (Wildman–Crippen MR) is 86.7 cm³/mol. The fraction of sp³-hybridized carbons (Fsp3) is 0.611. The van der Waals surface area contributed by atoms with Crippen LogP contribution in [-0.4, -0.2) is 23.9 Å². The van der Waals surface area contributed by atoms with Crippen LogP contribution in [0.2, 0.25) is 0 Å². The molecule has 0 spiro atoms. The highest BCUT2D eigenvalue weighted by Crippen LogP contribution is 2.42.